The minimum atomic E-state index is -4.23. The van der Waals surface area contributed by atoms with Gasteiger partial charge in [0.1, 0.15) is 5.82 Å². The summed E-state index contributed by atoms with van der Waals surface area (Å²) in [6.45, 7) is 0. The van der Waals surface area contributed by atoms with E-state index in [9.17, 15) is 18.3 Å². The number of aromatic nitrogens is 1. The average molecular weight is 234 g/mol. The van der Waals surface area contributed by atoms with Crippen LogP contribution in [0.5, 0.6) is 0 Å². The lowest BCUT2D eigenvalue weighted by atomic mass is 10.1. The molecule has 0 fully saturated rings. The molecule has 1 rings (SSSR count). The van der Waals surface area contributed by atoms with Crippen LogP contribution in [-0.4, -0.2) is 22.4 Å². The molecule has 0 saturated heterocycles. The molecular formula is C10H13F3N2O. The molecule has 0 aliphatic carbocycles. The van der Waals surface area contributed by atoms with Crippen molar-refractivity contribution in [1.82, 2.24) is 4.98 Å². The van der Waals surface area contributed by atoms with Crippen molar-refractivity contribution in [2.45, 2.75) is 31.5 Å². The fourth-order valence-electron chi connectivity index (χ4n) is 1.31. The van der Waals surface area contributed by atoms with Crippen LogP contribution < -0.4 is 5.73 Å². The smallest absolute Gasteiger partial charge is 0.389 e. The lowest BCUT2D eigenvalue weighted by molar-refractivity contribution is -0.139. The first-order valence-electron chi connectivity index (χ1n) is 4.82. The number of halogens is 3. The summed E-state index contributed by atoms with van der Waals surface area (Å²) in [5.41, 5.74) is 6.07. The van der Waals surface area contributed by atoms with E-state index in [2.05, 4.69) is 4.98 Å². The third-order valence-corrected chi connectivity index (χ3v) is 2.14. The normalized spacial score (nSPS) is 13.8. The molecule has 0 radical (unpaired) electrons. The molecule has 1 aromatic heterocycles. The van der Waals surface area contributed by atoms with Crippen LogP contribution in [0.15, 0.2) is 18.3 Å². The summed E-state index contributed by atoms with van der Waals surface area (Å²) in [7, 11) is 0. The molecule has 3 nitrogen and oxygen atoms in total. The van der Waals surface area contributed by atoms with E-state index < -0.39 is 18.7 Å². The van der Waals surface area contributed by atoms with Gasteiger partial charge in [-0.05, 0) is 18.1 Å². The average Bonchev–Trinajstić information content (AvgIpc) is 2.18. The van der Waals surface area contributed by atoms with Gasteiger partial charge in [-0.2, -0.15) is 13.2 Å². The van der Waals surface area contributed by atoms with Crippen molar-refractivity contribution in [2.75, 3.05) is 5.73 Å². The van der Waals surface area contributed by atoms with Crippen LogP contribution in [0, 0.1) is 0 Å². The number of hydrogen-bond acceptors (Lipinski definition) is 3. The largest absolute Gasteiger partial charge is 0.393 e. The summed E-state index contributed by atoms with van der Waals surface area (Å²) in [6.07, 6.45) is -5.02. The Bertz CT molecular complexity index is 341. The number of nitrogens with two attached hydrogens (primary N) is 1. The van der Waals surface area contributed by atoms with Crippen molar-refractivity contribution in [1.29, 1.82) is 0 Å². The van der Waals surface area contributed by atoms with Gasteiger partial charge in [0.15, 0.2) is 0 Å². The number of anilines is 1. The second kappa shape index (κ2) is 5.16. The third-order valence-electron chi connectivity index (χ3n) is 2.14. The van der Waals surface area contributed by atoms with Crippen molar-refractivity contribution >= 4 is 5.82 Å². The molecule has 90 valence electrons. The Kier molecular flexibility index (Phi) is 4.12. The van der Waals surface area contributed by atoms with Gasteiger partial charge < -0.3 is 10.8 Å². The predicted octanol–water partition coefficient (Wildman–Crippen LogP) is 1.91. The SMILES string of the molecule is Nc1ncccc1CC(O)CCC(F)(F)F. The van der Waals surface area contributed by atoms with Gasteiger partial charge in [0, 0.05) is 19.0 Å². The first kappa shape index (κ1) is 12.8. The van der Waals surface area contributed by atoms with Crippen molar-refractivity contribution in [2.24, 2.45) is 0 Å². The highest BCUT2D eigenvalue weighted by Crippen LogP contribution is 2.23. The number of alkyl halides is 3. The maximum Gasteiger partial charge on any atom is 0.389 e. The molecule has 1 unspecified atom stereocenters. The van der Waals surface area contributed by atoms with Crippen molar-refractivity contribution in [3.8, 4) is 0 Å². The molecule has 0 aromatic carbocycles. The predicted molar refractivity (Wildman–Crippen MR) is 53.6 cm³/mol. The summed E-state index contributed by atoms with van der Waals surface area (Å²) >= 11 is 0. The Morgan fingerprint density at radius 1 is 1.44 bits per heavy atom. The molecule has 6 heteroatoms. The van der Waals surface area contributed by atoms with Crippen LogP contribution in [0.25, 0.3) is 0 Å². The van der Waals surface area contributed by atoms with E-state index in [1.807, 2.05) is 0 Å². The highest BCUT2D eigenvalue weighted by atomic mass is 19.4. The van der Waals surface area contributed by atoms with Crippen molar-refractivity contribution in [3.63, 3.8) is 0 Å². The Hall–Kier alpha value is -1.30. The van der Waals surface area contributed by atoms with Crippen LogP contribution in [0.2, 0.25) is 0 Å². The van der Waals surface area contributed by atoms with E-state index in [1.54, 1.807) is 12.1 Å². The second-order valence-corrected chi connectivity index (χ2v) is 3.56. The van der Waals surface area contributed by atoms with Gasteiger partial charge in [-0.25, -0.2) is 4.98 Å². The molecule has 0 saturated carbocycles. The molecule has 1 atom stereocenters. The highest BCUT2D eigenvalue weighted by molar-refractivity contribution is 5.38. The minimum Gasteiger partial charge on any atom is -0.393 e. The number of hydrogen-bond donors (Lipinski definition) is 2. The second-order valence-electron chi connectivity index (χ2n) is 3.56. The first-order valence-corrected chi connectivity index (χ1v) is 4.82. The van der Waals surface area contributed by atoms with E-state index in [-0.39, 0.29) is 18.7 Å². The van der Waals surface area contributed by atoms with E-state index >= 15 is 0 Å². The summed E-state index contributed by atoms with van der Waals surface area (Å²) < 4.78 is 35.7. The summed E-state index contributed by atoms with van der Waals surface area (Å²) in [6, 6.07) is 3.27. The zero-order chi connectivity index (χ0) is 12.2. The molecule has 1 aromatic rings. The minimum absolute atomic E-state index is 0.0930. The number of aliphatic hydroxyl groups excluding tert-OH is 1. The number of rotatable bonds is 4. The molecule has 0 amide bonds. The topological polar surface area (TPSA) is 59.1 Å². The fraction of sp³-hybridized carbons (Fsp3) is 0.500. The molecule has 3 N–H and O–H groups in total. The Balaban J connectivity index is 2.46. The van der Waals surface area contributed by atoms with Crippen LogP contribution in [0.1, 0.15) is 18.4 Å². The van der Waals surface area contributed by atoms with Gasteiger partial charge in [-0.1, -0.05) is 6.07 Å². The number of nitrogen functional groups attached to an aromatic ring is 1. The molecule has 0 aliphatic rings. The van der Waals surface area contributed by atoms with Crippen LogP contribution >= 0.6 is 0 Å². The van der Waals surface area contributed by atoms with Gasteiger partial charge in [-0.15, -0.1) is 0 Å². The zero-order valence-electron chi connectivity index (χ0n) is 8.54. The van der Waals surface area contributed by atoms with E-state index in [4.69, 9.17) is 5.73 Å². The standard InChI is InChI=1S/C10H13F3N2O/c11-10(12,13)4-3-8(16)6-7-2-1-5-15-9(7)14/h1-2,5,8,16H,3-4,6H2,(H2,14,15). The van der Waals surface area contributed by atoms with E-state index in [1.165, 1.54) is 6.20 Å². The monoisotopic (exact) mass is 234 g/mol. The van der Waals surface area contributed by atoms with E-state index in [0.29, 0.717) is 5.56 Å². The highest BCUT2D eigenvalue weighted by Gasteiger charge is 2.27. The lowest BCUT2D eigenvalue weighted by Crippen LogP contribution is -2.17. The third kappa shape index (κ3) is 4.48. The summed E-state index contributed by atoms with van der Waals surface area (Å²) in [5, 5.41) is 9.41. The van der Waals surface area contributed by atoms with Crippen LogP contribution in [-0.2, 0) is 6.42 Å². The maximum atomic E-state index is 11.9. The molecule has 16 heavy (non-hydrogen) atoms. The summed E-state index contributed by atoms with van der Waals surface area (Å²) in [4.78, 5) is 3.79. The maximum absolute atomic E-state index is 11.9. The number of aliphatic hydroxyl groups is 1. The molecule has 0 spiro atoms. The lowest BCUT2D eigenvalue weighted by Gasteiger charge is -2.12. The molecular weight excluding hydrogens is 221 g/mol. The van der Waals surface area contributed by atoms with Crippen molar-refractivity contribution < 1.29 is 18.3 Å². The fourth-order valence-corrected chi connectivity index (χ4v) is 1.31. The Morgan fingerprint density at radius 2 is 2.12 bits per heavy atom. The van der Waals surface area contributed by atoms with Gasteiger partial charge >= 0.3 is 6.18 Å². The number of pyridine rings is 1. The van der Waals surface area contributed by atoms with Crippen LogP contribution in [0.4, 0.5) is 19.0 Å². The molecule has 1 heterocycles. The first-order chi connectivity index (χ1) is 7.38. The van der Waals surface area contributed by atoms with E-state index in [0.717, 1.165) is 0 Å². The van der Waals surface area contributed by atoms with Gasteiger partial charge in [0.2, 0.25) is 0 Å². The Labute approximate surface area is 91.1 Å². The summed E-state index contributed by atoms with van der Waals surface area (Å²) in [5.74, 6) is 0.244. The Morgan fingerprint density at radius 3 is 2.69 bits per heavy atom. The van der Waals surface area contributed by atoms with Gasteiger partial charge in [0.05, 0.1) is 6.10 Å². The van der Waals surface area contributed by atoms with Gasteiger partial charge in [-0.3, -0.25) is 0 Å². The zero-order valence-corrected chi connectivity index (χ0v) is 8.54. The van der Waals surface area contributed by atoms with Crippen molar-refractivity contribution in [3.05, 3.63) is 23.9 Å². The van der Waals surface area contributed by atoms with Gasteiger partial charge in [0.25, 0.3) is 0 Å². The molecule has 0 aliphatic heterocycles. The quantitative estimate of drug-likeness (QED) is 0.836. The van der Waals surface area contributed by atoms with Crippen LogP contribution in [0.3, 0.4) is 0 Å². The molecule has 0 bridgehead atoms. The number of nitrogens with zero attached hydrogens (tertiary/aromatic N) is 1.